The van der Waals surface area contributed by atoms with E-state index in [0.29, 0.717) is 17.8 Å². The van der Waals surface area contributed by atoms with Crippen molar-refractivity contribution in [2.45, 2.75) is 65.9 Å². The summed E-state index contributed by atoms with van der Waals surface area (Å²) in [5.41, 5.74) is -0.344. The lowest BCUT2D eigenvalue weighted by Crippen LogP contribution is -2.39. The van der Waals surface area contributed by atoms with E-state index < -0.39 is 0 Å². The van der Waals surface area contributed by atoms with Crippen molar-refractivity contribution >= 4 is 5.97 Å². The molecule has 2 nitrogen and oxygen atoms in total. The van der Waals surface area contributed by atoms with E-state index in [9.17, 15) is 4.79 Å². The minimum absolute atomic E-state index is 0.00335. The third-order valence-corrected chi connectivity index (χ3v) is 5.77. The van der Waals surface area contributed by atoms with Crippen LogP contribution < -0.4 is 0 Å². The molecule has 2 bridgehead atoms. The molecule has 3 unspecified atom stereocenters. The Morgan fingerprint density at radius 2 is 2.14 bits per heavy atom. The van der Waals surface area contributed by atoms with E-state index in [-0.39, 0.29) is 22.9 Å². The van der Waals surface area contributed by atoms with Crippen molar-refractivity contribution in [1.82, 2.24) is 0 Å². The van der Waals surface area contributed by atoms with Crippen molar-refractivity contribution in [2.75, 3.05) is 0 Å². The second kappa shape index (κ2) is 6.22. The topological polar surface area (TPSA) is 26.3 Å². The van der Waals surface area contributed by atoms with E-state index in [2.05, 4.69) is 39.5 Å². The summed E-state index contributed by atoms with van der Waals surface area (Å²) in [6.07, 6.45) is 10.7. The molecule has 22 heavy (non-hydrogen) atoms. The van der Waals surface area contributed by atoms with Crippen LogP contribution in [-0.2, 0) is 9.53 Å². The molecule has 0 amide bonds. The molecule has 124 valence electrons. The molecule has 1 fully saturated rings. The summed E-state index contributed by atoms with van der Waals surface area (Å²) in [4.78, 5) is 12.7. The Balaban J connectivity index is 1.91. The average Bonchev–Trinajstić information content (AvgIpc) is 2.95. The van der Waals surface area contributed by atoms with E-state index in [4.69, 9.17) is 4.74 Å². The average molecular weight is 304 g/mol. The molecule has 0 spiro atoms. The van der Waals surface area contributed by atoms with Crippen LogP contribution in [0.3, 0.4) is 0 Å². The molecular formula is C20H32O2. The highest BCUT2D eigenvalue weighted by atomic mass is 16.6. The largest absolute Gasteiger partial charge is 0.459 e. The fourth-order valence-electron chi connectivity index (χ4n) is 4.14. The number of hydrogen-bond acceptors (Lipinski definition) is 2. The highest BCUT2D eigenvalue weighted by molar-refractivity contribution is 5.75. The maximum atomic E-state index is 12.7. The van der Waals surface area contributed by atoms with Crippen molar-refractivity contribution in [3.05, 3.63) is 24.8 Å². The summed E-state index contributed by atoms with van der Waals surface area (Å²) in [6.45, 7) is 14.5. The van der Waals surface area contributed by atoms with E-state index in [1.807, 2.05) is 19.9 Å². The van der Waals surface area contributed by atoms with Gasteiger partial charge in [0.25, 0.3) is 0 Å². The molecule has 0 aromatic rings. The van der Waals surface area contributed by atoms with E-state index in [1.165, 1.54) is 0 Å². The summed E-state index contributed by atoms with van der Waals surface area (Å²) in [5.74, 6) is 1.47. The molecule has 2 rings (SSSR count). The number of carbonyl (C=O) groups is 1. The Morgan fingerprint density at radius 3 is 2.68 bits per heavy atom. The van der Waals surface area contributed by atoms with Crippen LogP contribution >= 0.6 is 0 Å². The van der Waals surface area contributed by atoms with Crippen molar-refractivity contribution in [3.8, 4) is 0 Å². The number of fused-ring (bicyclic) bond motifs is 2. The molecule has 0 aromatic carbocycles. The first-order chi connectivity index (χ1) is 10.2. The fourth-order valence-corrected chi connectivity index (χ4v) is 4.14. The van der Waals surface area contributed by atoms with Crippen LogP contribution in [0.25, 0.3) is 0 Å². The molecule has 4 atom stereocenters. The van der Waals surface area contributed by atoms with Gasteiger partial charge in [-0.15, -0.1) is 6.58 Å². The van der Waals surface area contributed by atoms with Gasteiger partial charge in [-0.05, 0) is 62.7 Å². The third-order valence-electron chi connectivity index (χ3n) is 5.77. The predicted octanol–water partition coefficient (Wildman–Crippen LogP) is 5.15. The fraction of sp³-hybridized carbons (Fsp3) is 0.750. The molecule has 0 N–H and O–H groups in total. The molecule has 2 aliphatic rings. The molecular weight excluding hydrogens is 272 g/mol. The Labute approximate surface area is 136 Å². The second-order valence-electron chi connectivity index (χ2n) is 8.48. The normalized spacial score (nSPS) is 30.3. The molecule has 0 heterocycles. The van der Waals surface area contributed by atoms with Gasteiger partial charge in [0.15, 0.2) is 0 Å². The summed E-state index contributed by atoms with van der Waals surface area (Å²) in [6, 6.07) is 0. The summed E-state index contributed by atoms with van der Waals surface area (Å²) >= 11 is 0. The smallest absolute Gasteiger partial charge is 0.310 e. The van der Waals surface area contributed by atoms with Gasteiger partial charge < -0.3 is 4.74 Å². The SMILES string of the molecule is C=CC(C)CCCC(C)(C)OC(=O)C1C2C=C[C@H](C2)C1(C)C. The Morgan fingerprint density at radius 1 is 1.45 bits per heavy atom. The van der Waals surface area contributed by atoms with Gasteiger partial charge in [0.05, 0.1) is 5.92 Å². The van der Waals surface area contributed by atoms with Gasteiger partial charge in [0, 0.05) is 0 Å². The summed E-state index contributed by atoms with van der Waals surface area (Å²) in [5, 5.41) is 0. The van der Waals surface area contributed by atoms with Crippen molar-refractivity contribution in [2.24, 2.45) is 29.1 Å². The zero-order valence-corrected chi connectivity index (χ0v) is 14.9. The standard InChI is InChI=1S/C20H32O2/c1-7-14(2)9-8-12-19(3,4)22-18(21)17-15-10-11-16(13-15)20(17,5)6/h7,10-11,14-17H,1,8-9,12-13H2,2-6H3/t14?,15?,16-,17?/m1/s1. The highest BCUT2D eigenvalue weighted by Gasteiger charge is 2.54. The molecule has 0 radical (unpaired) electrons. The zero-order valence-electron chi connectivity index (χ0n) is 14.9. The van der Waals surface area contributed by atoms with Crippen LogP contribution in [0.4, 0.5) is 0 Å². The van der Waals surface area contributed by atoms with Crippen LogP contribution in [0, 0.1) is 29.1 Å². The lowest BCUT2D eigenvalue weighted by atomic mass is 9.71. The predicted molar refractivity (Wildman–Crippen MR) is 91.4 cm³/mol. The molecule has 0 saturated heterocycles. The quantitative estimate of drug-likeness (QED) is 0.480. The number of esters is 1. The highest BCUT2D eigenvalue weighted by Crippen LogP contribution is 2.56. The van der Waals surface area contributed by atoms with Crippen LogP contribution in [0.5, 0.6) is 0 Å². The van der Waals surface area contributed by atoms with Crippen molar-refractivity contribution < 1.29 is 9.53 Å². The first-order valence-electron chi connectivity index (χ1n) is 8.71. The number of ether oxygens (including phenoxy) is 1. The van der Waals surface area contributed by atoms with Gasteiger partial charge in [-0.2, -0.15) is 0 Å². The maximum Gasteiger partial charge on any atom is 0.310 e. The van der Waals surface area contributed by atoms with E-state index in [1.54, 1.807) is 0 Å². The molecule has 1 saturated carbocycles. The monoisotopic (exact) mass is 304 g/mol. The first-order valence-corrected chi connectivity index (χ1v) is 8.71. The van der Waals surface area contributed by atoms with Gasteiger partial charge in [0.1, 0.15) is 5.60 Å². The Hall–Kier alpha value is -1.05. The first kappa shape index (κ1) is 17.3. The lowest BCUT2D eigenvalue weighted by molar-refractivity contribution is -0.167. The van der Waals surface area contributed by atoms with Crippen LogP contribution in [0.15, 0.2) is 24.8 Å². The van der Waals surface area contributed by atoms with Gasteiger partial charge >= 0.3 is 5.97 Å². The second-order valence-corrected chi connectivity index (χ2v) is 8.48. The van der Waals surface area contributed by atoms with Crippen LogP contribution in [0.1, 0.15) is 60.3 Å². The minimum atomic E-state index is -0.375. The number of hydrogen-bond donors (Lipinski definition) is 0. The Kier molecular flexibility index (Phi) is 4.89. The lowest BCUT2D eigenvalue weighted by Gasteiger charge is -2.36. The van der Waals surface area contributed by atoms with Gasteiger partial charge in [-0.1, -0.05) is 39.0 Å². The number of rotatable bonds is 7. The molecule has 2 aliphatic carbocycles. The third kappa shape index (κ3) is 3.47. The van der Waals surface area contributed by atoms with Crippen LogP contribution in [-0.4, -0.2) is 11.6 Å². The van der Waals surface area contributed by atoms with E-state index >= 15 is 0 Å². The molecule has 2 heteroatoms. The molecule has 0 aromatic heterocycles. The van der Waals surface area contributed by atoms with Gasteiger partial charge in [-0.25, -0.2) is 0 Å². The van der Waals surface area contributed by atoms with Gasteiger partial charge in [-0.3, -0.25) is 4.79 Å². The maximum absolute atomic E-state index is 12.7. The van der Waals surface area contributed by atoms with Crippen LogP contribution in [0.2, 0.25) is 0 Å². The Bertz CT molecular complexity index is 458. The van der Waals surface area contributed by atoms with Crippen molar-refractivity contribution in [3.63, 3.8) is 0 Å². The zero-order chi connectivity index (χ0) is 16.5. The summed E-state index contributed by atoms with van der Waals surface area (Å²) in [7, 11) is 0. The minimum Gasteiger partial charge on any atom is -0.459 e. The summed E-state index contributed by atoms with van der Waals surface area (Å²) < 4.78 is 5.93. The number of allylic oxidation sites excluding steroid dienone is 3. The van der Waals surface area contributed by atoms with Gasteiger partial charge in [0.2, 0.25) is 0 Å². The van der Waals surface area contributed by atoms with E-state index in [0.717, 1.165) is 25.7 Å². The number of carbonyl (C=O) groups excluding carboxylic acids is 1. The van der Waals surface area contributed by atoms with Crippen molar-refractivity contribution in [1.29, 1.82) is 0 Å². The molecule has 0 aliphatic heterocycles.